The molecule has 0 bridgehead atoms. The molecule has 3 aliphatic rings. The van der Waals surface area contributed by atoms with Crippen molar-refractivity contribution < 1.29 is 27.5 Å². The Hall–Kier alpha value is -3.11. The zero-order valence-corrected chi connectivity index (χ0v) is 23.5. The number of piperidine rings is 2. The van der Waals surface area contributed by atoms with Crippen LogP contribution in [0.1, 0.15) is 43.2 Å². The number of hydrogen-bond acceptors (Lipinski definition) is 6. The van der Waals surface area contributed by atoms with E-state index in [9.17, 15) is 18.0 Å². The third kappa shape index (κ3) is 6.22. The molecule has 10 heteroatoms. The van der Waals surface area contributed by atoms with E-state index in [1.54, 1.807) is 13.2 Å². The SMILES string of the molecule is CS(=O)(=O)N1CCC(Oc2ccc(CC(=O)N3CCC(N4C(=O)CCc5ccccc54)CC3)c(O[11CH3])c2)CC1. The Morgan fingerprint density at radius 2 is 1.69 bits per heavy atom. The number of para-hydroxylation sites is 1. The quantitative estimate of drug-likeness (QED) is 0.522. The molecule has 9 nitrogen and oxygen atoms in total. The van der Waals surface area contributed by atoms with Crippen molar-refractivity contribution in [2.45, 2.75) is 57.1 Å². The van der Waals surface area contributed by atoms with Crippen LogP contribution in [0.15, 0.2) is 42.5 Å². The van der Waals surface area contributed by atoms with Crippen molar-refractivity contribution in [3.8, 4) is 11.5 Å². The molecule has 0 radical (unpaired) electrons. The normalized spacial score (nSPS) is 19.6. The van der Waals surface area contributed by atoms with Crippen molar-refractivity contribution in [2.75, 3.05) is 44.4 Å². The lowest BCUT2D eigenvalue weighted by Gasteiger charge is -2.41. The summed E-state index contributed by atoms with van der Waals surface area (Å²) in [7, 11) is -1.60. The number of anilines is 1. The highest BCUT2D eigenvalue weighted by Gasteiger charge is 2.34. The van der Waals surface area contributed by atoms with Gasteiger partial charge in [-0.1, -0.05) is 24.3 Å². The number of ether oxygens (including phenoxy) is 2. The second-order valence-corrected chi connectivity index (χ2v) is 12.6. The zero-order chi connectivity index (χ0) is 27.6. The minimum Gasteiger partial charge on any atom is -0.496 e. The molecule has 2 saturated heterocycles. The van der Waals surface area contributed by atoms with E-state index in [-0.39, 0.29) is 30.4 Å². The van der Waals surface area contributed by atoms with Gasteiger partial charge in [0.1, 0.15) is 17.6 Å². The summed E-state index contributed by atoms with van der Waals surface area (Å²) in [6.07, 6.45) is 5.48. The fraction of sp³-hybridized carbons (Fsp3) is 0.517. The largest absolute Gasteiger partial charge is 0.496 e. The van der Waals surface area contributed by atoms with E-state index < -0.39 is 10.0 Å². The topological polar surface area (TPSA) is 96.5 Å². The molecule has 0 saturated carbocycles. The predicted molar refractivity (Wildman–Crippen MR) is 149 cm³/mol. The molecule has 2 fully saturated rings. The molecular weight excluding hydrogens is 517 g/mol. The van der Waals surface area contributed by atoms with Crippen molar-refractivity contribution in [1.29, 1.82) is 0 Å². The Morgan fingerprint density at radius 3 is 2.38 bits per heavy atom. The minimum atomic E-state index is -3.18. The summed E-state index contributed by atoms with van der Waals surface area (Å²) in [6.45, 7) is 2.13. The predicted octanol–water partition coefficient (Wildman–Crippen LogP) is 3.01. The average molecular weight is 555 g/mol. The first-order chi connectivity index (χ1) is 18.7. The van der Waals surface area contributed by atoms with Crippen LogP contribution in [0, 0.1) is 0 Å². The molecular formula is C29H37N3O6S. The Kier molecular flexibility index (Phi) is 8.13. The van der Waals surface area contributed by atoms with E-state index in [4.69, 9.17) is 9.47 Å². The fourth-order valence-electron chi connectivity index (χ4n) is 5.92. The maximum absolute atomic E-state index is 13.2. The number of fused-ring (bicyclic) bond motifs is 1. The van der Waals surface area contributed by atoms with Crippen LogP contribution in [0.4, 0.5) is 5.69 Å². The van der Waals surface area contributed by atoms with Crippen LogP contribution in [0.5, 0.6) is 11.5 Å². The van der Waals surface area contributed by atoms with E-state index in [2.05, 4.69) is 6.07 Å². The van der Waals surface area contributed by atoms with Gasteiger partial charge in [-0.2, -0.15) is 0 Å². The second kappa shape index (κ2) is 11.6. The van der Waals surface area contributed by atoms with Gasteiger partial charge >= 0.3 is 0 Å². The summed E-state index contributed by atoms with van der Waals surface area (Å²) in [6, 6.07) is 13.8. The third-order valence-corrected chi connectivity index (χ3v) is 9.39. The molecule has 2 aromatic carbocycles. The Balaban J connectivity index is 1.16. The van der Waals surface area contributed by atoms with Crippen LogP contribution in [-0.4, -0.2) is 81.1 Å². The molecule has 0 N–H and O–H groups in total. The van der Waals surface area contributed by atoms with Gasteiger partial charge in [0.05, 0.1) is 19.8 Å². The Morgan fingerprint density at radius 1 is 0.974 bits per heavy atom. The van der Waals surface area contributed by atoms with Crippen molar-refractivity contribution in [3.63, 3.8) is 0 Å². The molecule has 3 aliphatic heterocycles. The number of aryl methyl sites for hydroxylation is 1. The highest BCUT2D eigenvalue weighted by Crippen LogP contribution is 2.33. The zero-order valence-electron chi connectivity index (χ0n) is 22.7. The molecule has 0 atom stereocenters. The van der Waals surface area contributed by atoms with Crippen LogP contribution < -0.4 is 14.4 Å². The van der Waals surface area contributed by atoms with Gasteiger partial charge in [0, 0.05) is 56.0 Å². The van der Waals surface area contributed by atoms with Crippen LogP contribution in [-0.2, 0) is 32.5 Å². The number of rotatable bonds is 7. The minimum absolute atomic E-state index is 0.0407. The van der Waals surface area contributed by atoms with Gasteiger partial charge < -0.3 is 19.3 Å². The van der Waals surface area contributed by atoms with Crippen molar-refractivity contribution in [3.05, 3.63) is 53.6 Å². The fourth-order valence-corrected chi connectivity index (χ4v) is 6.79. The average Bonchev–Trinajstić information content (AvgIpc) is 2.93. The van der Waals surface area contributed by atoms with Gasteiger partial charge in [0.2, 0.25) is 21.8 Å². The summed E-state index contributed by atoms with van der Waals surface area (Å²) in [5.74, 6) is 1.46. The number of nitrogens with zero attached hydrogens (tertiary/aromatic N) is 3. The third-order valence-electron chi connectivity index (χ3n) is 8.08. The van der Waals surface area contributed by atoms with Gasteiger partial charge in [-0.25, -0.2) is 12.7 Å². The Bertz CT molecular complexity index is 1310. The summed E-state index contributed by atoms with van der Waals surface area (Å²) >= 11 is 0. The smallest absolute Gasteiger partial charge is 0.227 e. The number of carbonyl (C=O) groups is 2. The number of amides is 2. The van der Waals surface area contributed by atoms with Crippen LogP contribution in [0.2, 0.25) is 0 Å². The Labute approximate surface area is 230 Å². The number of hydrogen-bond donors (Lipinski definition) is 0. The van der Waals surface area contributed by atoms with E-state index in [0.717, 1.165) is 30.5 Å². The number of carbonyl (C=O) groups excluding carboxylic acids is 2. The molecule has 210 valence electrons. The van der Waals surface area contributed by atoms with Gasteiger partial charge in [0.25, 0.3) is 0 Å². The van der Waals surface area contributed by atoms with Gasteiger partial charge in [0.15, 0.2) is 0 Å². The van der Waals surface area contributed by atoms with Crippen molar-refractivity contribution in [1.82, 2.24) is 9.21 Å². The molecule has 0 aliphatic carbocycles. The highest BCUT2D eigenvalue weighted by atomic mass is 32.2. The maximum atomic E-state index is 13.2. The number of likely N-dealkylation sites (tertiary alicyclic amines) is 1. The standard InChI is InChI=1S/C29H37N3O6S/c1-37-27-20-25(38-24-13-17-31(18-14-24)39(2,35)36)9-7-22(27)19-29(34)30-15-11-23(12-16-30)32-26-6-4-3-5-21(26)8-10-28(32)33/h3-7,9,20,23-24H,8,10-19H2,1-2H3/i1-1. The molecule has 2 aromatic rings. The van der Waals surface area contributed by atoms with E-state index in [1.165, 1.54) is 16.1 Å². The lowest BCUT2D eigenvalue weighted by molar-refractivity contribution is -0.131. The summed E-state index contributed by atoms with van der Waals surface area (Å²) in [4.78, 5) is 29.8. The van der Waals surface area contributed by atoms with Gasteiger partial charge in [-0.15, -0.1) is 0 Å². The molecule has 3 heterocycles. The van der Waals surface area contributed by atoms with E-state index >= 15 is 0 Å². The second-order valence-electron chi connectivity index (χ2n) is 10.6. The lowest BCUT2D eigenvalue weighted by atomic mass is 9.95. The van der Waals surface area contributed by atoms with Crippen LogP contribution in [0.25, 0.3) is 0 Å². The number of benzene rings is 2. The summed E-state index contributed by atoms with van der Waals surface area (Å²) in [5.41, 5.74) is 3.03. The lowest BCUT2D eigenvalue weighted by Crippen LogP contribution is -2.50. The summed E-state index contributed by atoms with van der Waals surface area (Å²) in [5, 5.41) is 0. The first kappa shape index (κ1) is 27.5. The van der Waals surface area contributed by atoms with Gasteiger partial charge in [-0.3, -0.25) is 9.59 Å². The molecule has 5 rings (SSSR count). The monoisotopic (exact) mass is 554 g/mol. The highest BCUT2D eigenvalue weighted by molar-refractivity contribution is 7.88. The molecule has 0 aromatic heterocycles. The number of methoxy groups -OCH3 is 1. The first-order valence-electron chi connectivity index (χ1n) is 13.7. The van der Waals surface area contributed by atoms with Crippen LogP contribution in [0.3, 0.4) is 0 Å². The molecule has 0 spiro atoms. The maximum Gasteiger partial charge on any atom is 0.227 e. The van der Waals surface area contributed by atoms with Crippen molar-refractivity contribution >= 4 is 27.5 Å². The number of sulfonamides is 1. The summed E-state index contributed by atoms with van der Waals surface area (Å²) < 4.78 is 36.7. The van der Waals surface area contributed by atoms with Crippen LogP contribution >= 0.6 is 0 Å². The van der Waals surface area contributed by atoms with E-state index in [0.29, 0.717) is 56.9 Å². The first-order valence-corrected chi connectivity index (χ1v) is 15.5. The molecule has 39 heavy (non-hydrogen) atoms. The van der Waals surface area contributed by atoms with Gasteiger partial charge in [-0.05, 0) is 49.8 Å². The molecule has 0 unspecified atom stereocenters. The van der Waals surface area contributed by atoms with Crippen molar-refractivity contribution in [2.24, 2.45) is 0 Å². The van der Waals surface area contributed by atoms with E-state index in [1.807, 2.05) is 40.1 Å². The molecule has 2 amide bonds.